The molecule has 2 aliphatic rings. The van der Waals surface area contributed by atoms with Crippen LogP contribution in [0.4, 0.5) is 0 Å². The molecular weight excluding hydrogens is 312 g/mol. The molecule has 2 saturated carbocycles. The predicted octanol–water partition coefficient (Wildman–Crippen LogP) is 3.24. The summed E-state index contributed by atoms with van der Waals surface area (Å²) in [4.78, 5) is 12.4. The number of nitrogens with two attached hydrogens (primary N) is 1. The number of nitrogens with one attached hydrogen (secondary N) is 1. The molecule has 2 fully saturated rings. The first-order valence-corrected chi connectivity index (χ1v) is 9.35. The van der Waals surface area contributed by atoms with Crippen molar-refractivity contribution in [2.75, 3.05) is 6.61 Å². The molecule has 4 nitrogen and oxygen atoms in total. The molecule has 0 heterocycles. The van der Waals surface area contributed by atoms with Gasteiger partial charge in [0.2, 0.25) is 0 Å². The first-order chi connectivity index (χ1) is 12.2. The predicted molar refractivity (Wildman–Crippen MR) is 99.4 cm³/mol. The molecule has 0 spiro atoms. The molecule has 2 aromatic rings. The van der Waals surface area contributed by atoms with Gasteiger partial charge in [0.25, 0.3) is 5.91 Å². The Balaban J connectivity index is 1.35. The van der Waals surface area contributed by atoms with E-state index in [1.165, 1.54) is 24.6 Å². The molecule has 0 aliphatic heterocycles. The zero-order valence-corrected chi connectivity index (χ0v) is 14.5. The second-order valence-electron chi connectivity index (χ2n) is 7.57. The van der Waals surface area contributed by atoms with Crippen LogP contribution in [-0.4, -0.2) is 24.6 Å². The highest BCUT2D eigenvalue weighted by atomic mass is 16.5. The molecule has 0 radical (unpaired) electrons. The van der Waals surface area contributed by atoms with Gasteiger partial charge in [-0.15, -0.1) is 0 Å². The summed E-state index contributed by atoms with van der Waals surface area (Å²) >= 11 is 0. The van der Waals surface area contributed by atoms with Gasteiger partial charge in [0, 0.05) is 12.1 Å². The van der Waals surface area contributed by atoms with Gasteiger partial charge in [0.1, 0.15) is 5.75 Å². The molecule has 0 saturated heterocycles. The van der Waals surface area contributed by atoms with Crippen LogP contribution in [0.1, 0.15) is 32.1 Å². The average Bonchev–Trinajstić information content (AvgIpc) is 2.60. The van der Waals surface area contributed by atoms with E-state index in [-0.39, 0.29) is 18.6 Å². The summed E-state index contributed by atoms with van der Waals surface area (Å²) < 4.78 is 5.72. The van der Waals surface area contributed by atoms with Crippen molar-refractivity contribution in [2.24, 2.45) is 17.6 Å². The standard InChI is InChI=1S/C21H26N2O2/c22-18-10-16-6-3-7-17(11-18)21(16)23-20(24)13-25-19-9-8-14-4-1-2-5-15(14)12-19/h1-2,4-5,8-9,12,16-18,21H,3,6-7,10-11,13,22H2,(H,23,24). The molecule has 2 atom stereocenters. The van der Waals surface area contributed by atoms with E-state index in [4.69, 9.17) is 10.5 Å². The minimum absolute atomic E-state index is 0.0227. The summed E-state index contributed by atoms with van der Waals surface area (Å²) in [5, 5.41) is 5.52. The van der Waals surface area contributed by atoms with Crippen molar-refractivity contribution in [2.45, 2.75) is 44.2 Å². The third-order valence-corrected chi connectivity index (χ3v) is 5.80. The molecule has 132 valence electrons. The van der Waals surface area contributed by atoms with E-state index in [0.29, 0.717) is 17.9 Å². The van der Waals surface area contributed by atoms with Gasteiger partial charge >= 0.3 is 0 Å². The van der Waals surface area contributed by atoms with Crippen LogP contribution in [0, 0.1) is 11.8 Å². The van der Waals surface area contributed by atoms with E-state index >= 15 is 0 Å². The van der Waals surface area contributed by atoms with E-state index in [9.17, 15) is 4.79 Å². The Labute approximate surface area is 148 Å². The maximum Gasteiger partial charge on any atom is 0.258 e. The Morgan fingerprint density at radius 3 is 2.56 bits per heavy atom. The Morgan fingerprint density at radius 2 is 1.80 bits per heavy atom. The summed E-state index contributed by atoms with van der Waals surface area (Å²) in [6.07, 6.45) is 5.70. The summed E-state index contributed by atoms with van der Waals surface area (Å²) in [6, 6.07) is 14.6. The number of ether oxygens (including phenoxy) is 1. The van der Waals surface area contributed by atoms with Crippen LogP contribution >= 0.6 is 0 Å². The van der Waals surface area contributed by atoms with Crippen LogP contribution in [0.3, 0.4) is 0 Å². The lowest BCUT2D eigenvalue weighted by atomic mass is 9.67. The van der Waals surface area contributed by atoms with Gasteiger partial charge in [-0.25, -0.2) is 0 Å². The molecule has 4 rings (SSSR count). The van der Waals surface area contributed by atoms with Crippen LogP contribution in [0.2, 0.25) is 0 Å². The number of fused-ring (bicyclic) bond motifs is 3. The van der Waals surface area contributed by atoms with Crippen LogP contribution < -0.4 is 15.8 Å². The molecule has 25 heavy (non-hydrogen) atoms. The number of hydrogen-bond donors (Lipinski definition) is 2. The fourth-order valence-electron chi connectivity index (χ4n) is 4.66. The molecule has 0 aromatic heterocycles. The fraction of sp³-hybridized carbons (Fsp3) is 0.476. The van der Waals surface area contributed by atoms with Gasteiger partial charge in [-0.3, -0.25) is 4.79 Å². The number of amides is 1. The molecular formula is C21H26N2O2. The van der Waals surface area contributed by atoms with Crippen molar-refractivity contribution in [1.82, 2.24) is 5.32 Å². The second kappa shape index (κ2) is 7.04. The Hall–Kier alpha value is -2.07. The summed E-state index contributed by atoms with van der Waals surface area (Å²) in [7, 11) is 0. The lowest BCUT2D eigenvalue weighted by Crippen LogP contribution is -2.54. The van der Waals surface area contributed by atoms with Crippen molar-refractivity contribution < 1.29 is 9.53 Å². The molecule has 2 aliphatic carbocycles. The van der Waals surface area contributed by atoms with E-state index in [2.05, 4.69) is 17.4 Å². The largest absolute Gasteiger partial charge is 0.484 e. The van der Waals surface area contributed by atoms with Gasteiger partial charge < -0.3 is 15.8 Å². The summed E-state index contributed by atoms with van der Waals surface area (Å²) in [5.74, 6) is 1.78. The summed E-state index contributed by atoms with van der Waals surface area (Å²) in [5.41, 5.74) is 6.16. The van der Waals surface area contributed by atoms with Crippen molar-refractivity contribution in [1.29, 1.82) is 0 Å². The summed E-state index contributed by atoms with van der Waals surface area (Å²) in [6.45, 7) is 0.0698. The minimum atomic E-state index is -0.0227. The first kappa shape index (κ1) is 16.4. The van der Waals surface area contributed by atoms with Gasteiger partial charge in [-0.1, -0.05) is 36.8 Å². The third kappa shape index (κ3) is 3.64. The van der Waals surface area contributed by atoms with E-state index in [1.807, 2.05) is 30.3 Å². The SMILES string of the molecule is NC1CC2CCCC(C1)C2NC(=O)COc1ccc2ccccc2c1. The number of rotatable bonds is 4. The molecule has 1 amide bonds. The normalized spacial score (nSPS) is 28.5. The monoisotopic (exact) mass is 338 g/mol. The lowest BCUT2D eigenvalue weighted by molar-refractivity contribution is -0.125. The number of carbonyl (C=O) groups is 1. The highest BCUT2D eigenvalue weighted by Gasteiger charge is 2.39. The Kier molecular flexibility index (Phi) is 4.62. The van der Waals surface area contributed by atoms with E-state index < -0.39 is 0 Å². The van der Waals surface area contributed by atoms with Crippen LogP contribution in [0.25, 0.3) is 10.8 Å². The average molecular weight is 338 g/mol. The quantitative estimate of drug-likeness (QED) is 0.899. The van der Waals surface area contributed by atoms with Crippen molar-refractivity contribution in [3.05, 3.63) is 42.5 Å². The Bertz CT molecular complexity index is 746. The van der Waals surface area contributed by atoms with E-state index in [1.54, 1.807) is 0 Å². The van der Waals surface area contributed by atoms with Crippen molar-refractivity contribution >= 4 is 16.7 Å². The maximum absolute atomic E-state index is 12.4. The maximum atomic E-state index is 12.4. The number of hydrogen-bond acceptors (Lipinski definition) is 3. The highest BCUT2D eigenvalue weighted by Crippen LogP contribution is 2.39. The lowest BCUT2D eigenvalue weighted by Gasteiger charge is -2.45. The topological polar surface area (TPSA) is 64.3 Å². The Morgan fingerprint density at radius 1 is 1.08 bits per heavy atom. The highest BCUT2D eigenvalue weighted by molar-refractivity contribution is 5.84. The van der Waals surface area contributed by atoms with Gasteiger partial charge in [-0.05, 0) is 60.4 Å². The van der Waals surface area contributed by atoms with Gasteiger partial charge in [-0.2, -0.15) is 0 Å². The molecule has 3 N–H and O–H groups in total. The second-order valence-corrected chi connectivity index (χ2v) is 7.57. The van der Waals surface area contributed by atoms with E-state index in [0.717, 1.165) is 24.0 Å². The third-order valence-electron chi connectivity index (χ3n) is 5.80. The first-order valence-electron chi connectivity index (χ1n) is 9.35. The molecule has 2 unspecified atom stereocenters. The minimum Gasteiger partial charge on any atom is -0.484 e. The van der Waals surface area contributed by atoms with Gasteiger partial charge in [0.15, 0.2) is 6.61 Å². The fourth-order valence-corrected chi connectivity index (χ4v) is 4.66. The zero-order chi connectivity index (χ0) is 17.2. The van der Waals surface area contributed by atoms with Gasteiger partial charge in [0.05, 0.1) is 0 Å². The zero-order valence-electron chi connectivity index (χ0n) is 14.5. The molecule has 2 bridgehead atoms. The number of carbonyl (C=O) groups excluding carboxylic acids is 1. The number of benzene rings is 2. The van der Waals surface area contributed by atoms with Crippen LogP contribution in [0.15, 0.2) is 42.5 Å². The van der Waals surface area contributed by atoms with Crippen molar-refractivity contribution in [3.63, 3.8) is 0 Å². The van der Waals surface area contributed by atoms with Crippen molar-refractivity contribution in [3.8, 4) is 5.75 Å². The van der Waals surface area contributed by atoms with Crippen LogP contribution in [-0.2, 0) is 4.79 Å². The molecule has 4 heteroatoms. The smallest absolute Gasteiger partial charge is 0.258 e. The van der Waals surface area contributed by atoms with Crippen LogP contribution in [0.5, 0.6) is 5.75 Å². The molecule has 2 aromatic carbocycles.